The number of benzene rings is 2. The molecule has 0 spiro atoms. The first kappa shape index (κ1) is 11.5. The molecule has 0 amide bonds. The van der Waals surface area contributed by atoms with Crippen molar-refractivity contribution in [2.45, 2.75) is 6.92 Å². The molecule has 0 fully saturated rings. The lowest BCUT2D eigenvalue weighted by Crippen LogP contribution is -1.89. The Bertz CT molecular complexity index is 550. The predicted octanol–water partition coefficient (Wildman–Crippen LogP) is 3.52. The van der Waals surface area contributed by atoms with Gasteiger partial charge in [-0.15, -0.1) is 0 Å². The molecule has 0 saturated carbocycles. The molecule has 2 rings (SSSR count). The highest BCUT2D eigenvalue weighted by Crippen LogP contribution is 2.29. The van der Waals surface area contributed by atoms with Gasteiger partial charge in [0.05, 0.1) is 7.11 Å². The van der Waals surface area contributed by atoms with Crippen molar-refractivity contribution in [2.75, 3.05) is 7.11 Å². The summed E-state index contributed by atoms with van der Waals surface area (Å²) in [6.07, 6.45) is 0. The zero-order chi connectivity index (χ0) is 12.4. The fraction of sp³-hybridized carbons (Fsp3) is 0.143. The highest BCUT2D eigenvalue weighted by atomic mass is 19.1. The summed E-state index contributed by atoms with van der Waals surface area (Å²) in [7, 11) is 1.60. The number of methoxy groups -OCH3 is 1. The molecule has 0 aliphatic heterocycles. The minimum absolute atomic E-state index is 0.0727. The van der Waals surface area contributed by atoms with Crippen molar-refractivity contribution in [3.8, 4) is 22.6 Å². The molecule has 2 aromatic rings. The van der Waals surface area contributed by atoms with Crippen molar-refractivity contribution >= 4 is 0 Å². The van der Waals surface area contributed by atoms with Gasteiger partial charge in [0.1, 0.15) is 17.3 Å². The minimum Gasteiger partial charge on any atom is -0.508 e. The maximum Gasteiger partial charge on any atom is 0.134 e. The second-order valence-electron chi connectivity index (χ2n) is 3.85. The first-order valence-corrected chi connectivity index (χ1v) is 5.25. The van der Waals surface area contributed by atoms with Gasteiger partial charge in [0, 0.05) is 11.6 Å². The topological polar surface area (TPSA) is 29.5 Å². The fourth-order valence-corrected chi connectivity index (χ4v) is 1.78. The number of hydrogen-bond acceptors (Lipinski definition) is 2. The molecule has 0 bridgehead atoms. The molecule has 0 aliphatic carbocycles. The van der Waals surface area contributed by atoms with Crippen molar-refractivity contribution in [1.29, 1.82) is 0 Å². The van der Waals surface area contributed by atoms with Crippen LogP contribution in [0.15, 0.2) is 36.4 Å². The zero-order valence-electron chi connectivity index (χ0n) is 9.70. The molecular formula is C14H13FO2. The van der Waals surface area contributed by atoms with E-state index in [1.54, 1.807) is 25.3 Å². The average Bonchev–Trinajstić information content (AvgIpc) is 2.29. The third-order valence-electron chi connectivity index (χ3n) is 2.66. The summed E-state index contributed by atoms with van der Waals surface area (Å²) in [6.45, 7) is 1.90. The Balaban J connectivity index is 2.50. The summed E-state index contributed by atoms with van der Waals surface area (Å²) >= 11 is 0. The third-order valence-corrected chi connectivity index (χ3v) is 2.66. The molecule has 0 atom stereocenters. The van der Waals surface area contributed by atoms with Crippen LogP contribution in [-0.2, 0) is 0 Å². The molecule has 2 aromatic carbocycles. The number of rotatable bonds is 2. The van der Waals surface area contributed by atoms with E-state index in [0.717, 1.165) is 22.9 Å². The fourth-order valence-electron chi connectivity index (χ4n) is 1.78. The lowest BCUT2D eigenvalue weighted by atomic mass is 10.0. The predicted molar refractivity (Wildman–Crippen MR) is 64.8 cm³/mol. The van der Waals surface area contributed by atoms with E-state index in [9.17, 15) is 4.39 Å². The molecule has 17 heavy (non-hydrogen) atoms. The van der Waals surface area contributed by atoms with Gasteiger partial charge >= 0.3 is 0 Å². The molecule has 0 aromatic heterocycles. The van der Waals surface area contributed by atoms with Gasteiger partial charge in [-0.05, 0) is 42.3 Å². The Hall–Kier alpha value is -2.03. The highest BCUT2D eigenvalue weighted by molar-refractivity contribution is 5.67. The quantitative estimate of drug-likeness (QED) is 0.858. The van der Waals surface area contributed by atoms with Crippen LogP contribution in [0.3, 0.4) is 0 Å². The van der Waals surface area contributed by atoms with Crippen LogP contribution in [0.2, 0.25) is 0 Å². The van der Waals surface area contributed by atoms with Crippen LogP contribution in [0.1, 0.15) is 5.56 Å². The SMILES string of the molecule is COc1ccc(-c2ccc(O)cc2F)cc1C. The van der Waals surface area contributed by atoms with Crippen LogP contribution in [0.5, 0.6) is 11.5 Å². The summed E-state index contributed by atoms with van der Waals surface area (Å²) in [5, 5.41) is 9.16. The van der Waals surface area contributed by atoms with Crippen molar-refractivity contribution in [2.24, 2.45) is 0 Å². The average molecular weight is 232 g/mol. The van der Waals surface area contributed by atoms with E-state index in [1.807, 2.05) is 13.0 Å². The molecule has 88 valence electrons. The number of aryl methyl sites for hydroxylation is 1. The van der Waals surface area contributed by atoms with E-state index in [2.05, 4.69) is 0 Å². The van der Waals surface area contributed by atoms with Crippen molar-refractivity contribution in [3.63, 3.8) is 0 Å². The lowest BCUT2D eigenvalue weighted by molar-refractivity contribution is 0.412. The summed E-state index contributed by atoms with van der Waals surface area (Å²) < 4.78 is 18.8. The summed E-state index contributed by atoms with van der Waals surface area (Å²) in [5.41, 5.74) is 2.17. The Morgan fingerprint density at radius 3 is 2.47 bits per heavy atom. The molecule has 3 heteroatoms. The van der Waals surface area contributed by atoms with E-state index in [4.69, 9.17) is 9.84 Å². The number of halogens is 1. The van der Waals surface area contributed by atoms with E-state index in [1.165, 1.54) is 6.07 Å². The van der Waals surface area contributed by atoms with Crippen LogP contribution < -0.4 is 4.74 Å². The molecule has 0 aliphatic rings. The van der Waals surface area contributed by atoms with E-state index >= 15 is 0 Å². The normalized spacial score (nSPS) is 10.3. The molecular weight excluding hydrogens is 219 g/mol. The van der Waals surface area contributed by atoms with Gasteiger partial charge < -0.3 is 9.84 Å². The molecule has 1 N–H and O–H groups in total. The van der Waals surface area contributed by atoms with Gasteiger partial charge in [-0.1, -0.05) is 6.07 Å². The number of aromatic hydroxyl groups is 1. The molecule has 2 nitrogen and oxygen atoms in total. The van der Waals surface area contributed by atoms with Gasteiger partial charge in [-0.25, -0.2) is 4.39 Å². The summed E-state index contributed by atoms with van der Waals surface area (Å²) in [5.74, 6) is 0.263. The Kier molecular flexibility index (Phi) is 3.00. The van der Waals surface area contributed by atoms with E-state index in [0.29, 0.717) is 5.56 Å². The first-order chi connectivity index (χ1) is 8.11. The smallest absolute Gasteiger partial charge is 0.134 e. The maximum absolute atomic E-state index is 13.7. The standard InChI is InChI=1S/C14H13FO2/c1-9-7-10(3-6-14(9)17-2)12-5-4-11(16)8-13(12)15/h3-8,16H,1-2H3. The molecule has 0 saturated heterocycles. The second-order valence-corrected chi connectivity index (χ2v) is 3.85. The van der Waals surface area contributed by atoms with Crippen molar-refractivity contribution in [1.82, 2.24) is 0 Å². The second kappa shape index (κ2) is 4.45. The Morgan fingerprint density at radius 1 is 1.12 bits per heavy atom. The lowest BCUT2D eigenvalue weighted by Gasteiger charge is -2.08. The minimum atomic E-state index is -0.436. The van der Waals surface area contributed by atoms with Crippen LogP contribution >= 0.6 is 0 Å². The van der Waals surface area contributed by atoms with E-state index < -0.39 is 5.82 Å². The number of phenols is 1. The van der Waals surface area contributed by atoms with E-state index in [-0.39, 0.29) is 5.75 Å². The van der Waals surface area contributed by atoms with Gasteiger partial charge in [-0.3, -0.25) is 0 Å². The van der Waals surface area contributed by atoms with Crippen LogP contribution in [0, 0.1) is 12.7 Å². The van der Waals surface area contributed by atoms with Gasteiger partial charge in [0.15, 0.2) is 0 Å². The van der Waals surface area contributed by atoms with Crippen LogP contribution in [0.25, 0.3) is 11.1 Å². The number of hydrogen-bond donors (Lipinski definition) is 1. The highest BCUT2D eigenvalue weighted by Gasteiger charge is 2.07. The first-order valence-electron chi connectivity index (χ1n) is 5.25. The Labute approximate surface area is 99.3 Å². The largest absolute Gasteiger partial charge is 0.508 e. The zero-order valence-corrected chi connectivity index (χ0v) is 9.70. The van der Waals surface area contributed by atoms with Crippen LogP contribution in [0.4, 0.5) is 4.39 Å². The van der Waals surface area contributed by atoms with Gasteiger partial charge in [0.25, 0.3) is 0 Å². The number of ether oxygens (including phenoxy) is 1. The van der Waals surface area contributed by atoms with Crippen molar-refractivity contribution < 1.29 is 14.2 Å². The monoisotopic (exact) mass is 232 g/mol. The van der Waals surface area contributed by atoms with Crippen molar-refractivity contribution in [3.05, 3.63) is 47.8 Å². The maximum atomic E-state index is 13.7. The molecule has 0 radical (unpaired) electrons. The van der Waals surface area contributed by atoms with Gasteiger partial charge in [0.2, 0.25) is 0 Å². The third kappa shape index (κ3) is 2.23. The molecule has 0 heterocycles. The Morgan fingerprint density at radius 2 is 1.88 bits per heavy atom. The number of phenolic OH excluding ortho intramolecular Hbond substituents is 1. The summed E-state index contributed by atoms with van der Waals surface area (Å²) in [6, 6.07) is 9.59. The molecule has 0 unspecified atom stereocenters. The summed E-state index contributed by atoms with van der Waals surface area (Å²) in [4.78, 5) is 0. The van der Waals surface area contributed by atoms with Gasteiger partial charge in [-0.2, -0.15) is 0 Å². The van der Waals surface area contributed by atoms with Crippen LogP contribution in [-0.4, -0.2) is 12.2 Å².